The fourth-order valence-corrected chi connectivity index (χ4v) is 7.25. The lowest BCUT2D eigenvalue weighted by Crippen LogP contribution is -2.54. The molecule has 0 aromatic carbocycles. The highest BCUT2D eigenvalue weighted by Gasteiger charge is 2.35. The van der Waals surface area contributed by atoms with E-state index in [1.54, 1.807) is 0 Å². The van der Waals surface area contributed by atoms with Gasteiger partial charge in [0, 0.05) is 32.6 Å². The monoisotopic (exact) mass is 1320 g/mol. The second-order valence-corrected chi connectivity index (χ2v) is 21.2. The number of hydrogen-bond acceptors (Lipinski definition) is 36. The first-order valence-corrected chi connectivity index (χ1v) is 28.8. The highest BCUT2D eigenvalue weighted by molar-refractivity contribution is 5.80. The molecule has 0 saturated carbocycles. The molecule has 0 rings (SSSR count). The Morgan fingerprint density at radius 3 is 0.730 bits per heavy atom. The number of nitrogens with one attached hydrogen (secondary N) is 1. The lowest BCUT2D eigenvalue weighted by atomic mass is 10.0. The van der Waals surface area contributed by atoms with Crippen molar-refractivity contribution in [3.63, 3.8) is 0 Å². The van der Waals surface area contributed by atoms with Gasteiger partial charge in [0.15, 0.2) is 6.10 Å². The van der Waals surface area contributed by atoms with Gasteiger partial charge in [0.05, 0.1) is 177 Å². The van der Waals surface area contributed by atoms with Crippen LogP contribution >= 0.6 is 0 Å². The van der Waals surface area contributed by atoms with Gasteiger partial charge in [0.1, 0.15) is 103 Å². The Bertz CT molecular complexity index is 1650. The zero-order chi connectivity index (χ0) is 67.3. The van der Waals surface area contributed by atoms with E-state index >= 15 is 0 Å². The average molecular weight is 1320 g/mol. The number of carbonyl (C=O) groups excluding carboxylic acids is 2. The summed E-state index contributed by atoms with van der Waals surface area (Å²) in [6, 6.07) is 0. The number of carbonyl (C=O) groups is 2. The molecule has 23 N–H and O–H groups in total. The first kappa shape index (κ1) is 86.8. The largest absolute Gasteiger partial charge is 0.394 e. The van der Waals surface area contributed by atoms with E-state index in [9.17, 15) is 112 Å². The maximum absolute atomic E-state index is 12.5. The minimum atomic E-state index is -2.03. The van der Waals surface area contributed by atoms with E-state index in [0.717, 1.165) is 4.90 Å². The number of ketones is 1. The van der Waals surface area contributed by atoms with Crippen LogP contribution in [0.25, 0.3) is 0 Å². The number of rotatable bonds is 62. The number of aliphatic hydroxyl groups is 22. The molecule has 37 nitrogen and oxygen atoms in total. The minimum Gasteiger partial charge on any atom is -0.394 e. The second kappa shape index (κ2) is 53.1. The summed E-state index contributed by atoms with van der Waals surface area (Å²) in [6.07, 6.45) is -29.6. The maximum atomic E-state index is 12.5. The normalized spacial score (nSPS) is 19.1. The lowest BCUT2D eigenvalue weighted by molar-refractivity contribution is -0.134. The van der Waals surface area contributed by atoms with Crippen LogP contribution in [0, 0.1) is 0 Å². The summed E-state index contributed by atoms with van der Waals surface area (Å²) in [5.74, 6) is -1.18. The molecule has 20 atom stereocenters. The summed E-state index contributed by atoms with van der Waals surface area (Å²) in [5.41, 5.74) is 0. The Morgan fingerprint density at radius 2 is 0.517 bits per heavy atom. The third-order valence-corrected chi connectivity index (χ3v) is 11.9. The third-order valence-electron chi connectivity index (χ3n) is 11.9. The zero-order valence-electron chi connectivity index (χ0n) is 50.1. The average Bonchev–Trinajstić information content (AvgIpc) is 3.68. The zero-order valence-corrected chi connectivity index (χ0v) is 50.1. The van der Waals surface area contributed by atoms with Crippen molar-refractivity contribution in [3.05, 3.63) is 0 Å². The van der Waals surface area contributed by atoms with Crippen LogP contribution in [0.2, 0.25) is 0 Å². The van der Waals surface area contributed by atoms with Gasteiger partial charge in [-0.25, -0.2) is 0 Å². The van der Waals surface area contributed by atoms with Crippen LogP contribution in [0.5, 0.6) is 0 Å². The van der Waals surface area contributed by atoms with Crippen molar-refractivity contribution < 1.29 is 174 Å². The summed E-state index contributed by atoms with van der Waals surface area (Å²) in [7, 11) is 0. The molecule has 89 heavy (non-hydrogen) atoms. The molecule has 0 aliphatic rings. The van der Waals surface area contributed by atoms with Crippen LogP contribution < -0.4 is 5.32 Å². The van der Waals surface area contributed by atoms with Crippen molar-refractivity contribution in [2.24, 2.45) is 0 Å². The van der Waals surface area contributed by atoms with Crippen LogP contribution in [-0.4, -0.2) is 436 Å². The number of amides is 1. The quantitative estimate of drug-likeness (QED) is 0.0269. The van der Waals surface area contributed by atoms with E-state index in [-0.39, 0.29) is 157 Å². The molecule has 0 bridgehead atoms. The molecule has 1 amide bonds. The molecule has 0 spiro atoms. The molecule has 0 aliphatic heterocycles. The molecule has 0 aliphatic carbocycles. The highest BCUT2D eigenvalue weighted by Crippen LogP contribution is 2.11. The van der Waals surface area contributed by atoms with Gasteiger partial charge in [-0.05, 0) is 6.92 Å². The van der Waals surface area contributed by atoms with Gasteiger partial charge in [-0.1, -0.05) is 0 Å². The van der Waals surface area contributed by atoms with Gasteiger partial charge in [-0.3, -0.25) is 14.5 Å². The molecule has 0 aromatic heterocycles. The van der Waals surface area contributed by atoms with E-state index in [0.29, 0.717) is 0 Å². The summed E-state index contributed by atoms with van der Waals surface area (Å²) in [5, 5.41) is 221. The van der Waals surface area contributed by atoms with Gasteiger partial charge >= 0.3 is 0 Å². The number of nitrogens with zero attached hydrogens (tertiary/aromatic N) is 1. The molecule has 0 radical (unpaired) electrons. The molecule has 12 unspecified atom stereocenters. The minimum absolute atomic E-state index is 0.0615. The number of Topliss-reactive ketones (excluding diaryl/α,β-unsaturated/α-hetero) is 1. The smallest absolute Gasteiger partial charge is 0.251 e. The molecule has 0 saturated heterocycles. The van der Waals surface area contributed by atoms with Crippen LogP contribution in [0.1, 0.15) is 13.3 Å². The SMILES string of the molecule is CC(=O)CC(O)COCC(O)COCC(O)COCC(O)COCC(O)COCC(O)COCC(O)COCC(O)COCC(O)COCC(O)COCC(O)COCC(O)C(=O)NCCN(C[C@H](O)[C@@H](O)[C@H](O)[C@H](O)CO)C[C@H](O)[C@@H](O)[C@H](O)[C@H](O)CO. The van der Waals surface area contributed by atoms with Crippen LogP contribution in [0.15, 0.2) is 0 Å². The van der Waals surface area contributed by atoms with Crippen molar-refractivity contribution in [1.82, 2.24) is 10.2 Å². The molecular formula is C52H104N2O35. The lowest BCUT2D eigenvalue weighted by Gasteiger charge is -2.33. The van der Waals surface area contributed by atoms with Crippen LogP contribution in [0.4, 0.5) is 0 Å². The van der Waals surface area contributed by atoms with E-state index in [1.807, 2.05) is 0 Å². The summed E-state index contributed by atoms with van der Waals surface area (Å²) in [4.78, 5) is 24.6. The number of hydrogen-bond donors (Lipinski definition) is 23. The van der Waals surface area contributed by atoms with Gasteiger partial charge in [-0.15, -0.1) is 0 Å². The van der Waals surface area contributed by atoms with Crippen molar-refractivity contribution in [3.8, 4) is 0 Å². The Balaban J connectivity index is 4.15. The van der Waals surface area contributed by atoms with Gasteiger partial charge in [-0.2, -0.15) is 0 Å². The van der Waals surface area contributed by atoms with Crippen molar-refractivity contribution in [1.29, 1.82) is 0 Å². The van der Waals surface area contributed by atoms with Crippen molar-refractivity contribution >= 4 is 11.7 Å². The summed E-state index contributed by atoms with van der Waals surface area (Å²) < 4.78 is 57.4. The first-order valence-electron chi connectivity index (χ1n) is 28.8. The molecular weight excluding hydrogens is 1210 g/mol. The van der Waals surface area contributed by atoms with E-state index in [1.165, 1.54) is 6.92 Å². The molecule has 0 heterocycles. The van der Waals surface area contributed by atoms with Gasteiger partial charge in [0.2, 0.25) is 0 Å². The van der Waals surface area contributed by atoms with Crippen LogP contribution in [0.3, 0.4) is 0 Å². The molecule has 532 valence electrons. The van der Waals surface area contributed by atoms with E-state index < -0.39 is 168 Å². The fraction of sp³-hybridized carbons (Fsp3) is 0.962. The predicted octanol–water partition coefficient (Wildman–Crippen LogP) is -14.2. The topological polar surface area (TPSA) is 596 Å². The first-order chi connectivity index (χ1) is 42.1. The summed E-state index contributed by atoms with van der Waals surface area (Å²) >= 11 is 0. The van der Waals surface area contributed by atoms with Crippen molar-refractivity contribution in [2.45, 2.75) is 135 Å². The van der Waals surface area contributed by atoms with Gasteiger partial charge in [0.25, 0.3) is 5.91 Å². The summed E-state index contributed by atoms with van der Waals surface area (Å²) in [6.45, 7) is -8.10. The second-order valence-electron chi connectivity index (χ2n) is 21.2. The van der Waals surface area contributed by atoms with Gasteiger partial charge < -0.3 is 170 Å². The number of ether oxygens (including phenoxy) is 11. The predicted molar refractivity (Wildman–Crippen MR) is 298 cm³/mol. The van der Waals surface area contributed by atoms with E-state index in [2.05, 4.69) is 5.32 Å². The Labute approximate surface area is 515 Å². The van der Waals surface area contributed by atoms with Crippen LogP contribution in [-0.2, 0) is 61.7 Å². The standard InChI is InChI=1S/C52H104N2O35/c1-31(57)4-32(58)9-79-10-33(59)11-80-12-34(60)13-81-14-35(61)15-82-16-36(62)17-83-18-37(63)19-84-20-38(64)21-85-22-39(65)23-86-24-40(66)25-87-26-41(67)27-88-28-42(68)29-89-30-47(73)52(78)53-2-3-54(5-43(69)48(74)50(76)45(71)7-55)6-44(70)49(75)51(77)46(72)8-56/h32-51,55-56,58-77H,2-30H2,1H3,(H,53,78)/t32?,33?,34?,35?,36?,37?,38?,39?,40?,41?,42?,43-,44-,45+,46+,47?,48+,49+,50+,51+/m0/s1. The molecule has 37 heteroatoms. The Kier molecular flexibility index (Phi) is 51.8. The van der Waals surface area contributed by atoms with Crippen molar-refractivity contribution in [2.75, 3.05) is 185 Å². The maximum Gasteiger partial charge on any atom is 0.251 e. The molecule has 0 aromatic rings. The Hall–Kier alpha value is -2.22. The third kappa shape index (κ3) is 46.5. The Morgan fingerprint density at radius 1 is 0.315 bits per heavy atom. The molecule has 0 fully saturated rings. The fourth-order valence-electron chi connectivity index (χ4n) is 7.25. The highest BCUT2D eigenvalue weighted by atomic mass is 16.6. The van der Waals surface area contributed by atoms with E-state index in [4.69, 9.17) is 62.3 Å². The number of aliphatic hydroxyl groups excluding tert-OH is 22.